The molecule has 0 aliphatic carbocycles. The topological polar surface area (TPSA) is 51.3 Å². The molecule has 200 valence electrons. The number of rotatable bonds is 13. The van der Waals surface area contributed by atoms with Crippen LogP contribution in [0.2, 0.25) is 0 Å². The molecule has 0 amide bonds. The molecule has 7 heteroatoms. The van der Waals surface area contributed by atoms with E-state index in [-0.39, 0.29) is 0 Å². The zero-order chi connectivity index (χ0) is 27.3. The molecule has 0 spiro atoms. The molecule has 2 aromatic carbocycles. The van der Waals surface area contributed by atoms with Gasteiger partial charge in [-0.05, 0) is 66.8 Å². The molecule has 0 aliphatic rings. The molecule has 2 aromatic heterocycles. The summed E-state index contributed by atoms with van der Waals surface area (Å²) in [6.07, 6.45) is 12.9. The number of unbranched alkanes of at least 4 members (excludes halogenated alkanes) is 3. The Hall–Kier alpha value is -4.39. The van der Waals surface area contributed by atoms with E-state index in [2.05, 4.69) is 78.3 Å². The number of benzene rings is 2. The number of anilines is 2. The Morgan fingerprint density at radius 2 is 1.33 bits per heavy atom. The maximum atomic E-state index is 4.54. The van der Waals surface area contributed by atoms with Crippen LogP contribution in [-0.2, 0) is 13.1 Å². The highest BCUT2D eigenvalue weighted by Gasteiger charge is 2.09. The van der Waals surface area contributed by atoms with Crippen molar-refractivity contribution in [1.29, 1.82) is 0 Å². The van der Waals surface area contributed by atoms with Gasteiger partial charge in [-0.2, -0.15) is 5.10 Å². The molecule has 0 aliphatic heterocycles. The largest absolute Gasteiger partial charge is 0.378 e. The molecule has 0 fully saturated rings. The van der Waals surface area contributed by atoms with E-state index in [0.717, 1.165) is 54.4 Å². The Kier molecular flexibility index (Phi) is 10.3. The van der Waals surface area contributed by atoms with Gasteiger partial charge in [-0.15, -0.1) is 0 Å². The highest BCUT2D eigenvalue weighted by atomic mass is 15.4. The summed E-state index contributed by atoms with van der Waals surface area (Å²) in [6, 6.07) is 28.5. The van der Waals surface area contributed by atoms with Gasteiger partial charge in [0, 0.05) is 57.0 Å². The van der Waals surface area contributed by atoms with Crippen LogP contribution in [0, 0.1) is 0 Å². The first kappa shape index (κ1) is 27.6. The predicted molar refractivity (Wildman–Crippen MR) is 159 cm³/mol. The quantitative estimate of drug-likeness (QED) is 0.0665. The summed E-state index contributed by atoms with van der Waals surface area (Å²) in [5, 5.41) is 15.4. The van der Waals surface area contributed by atoms with Crippen LogP contribution in [0.25, 0.3) is 0 Å². The van der Waals surface area contributed by atoms with E-state index in [0.29, 0.717) is 0 Å². The molecule has 7 nitrogen and oxygen atoms in total. The summed E-state index contributed by atoms with van der Waals surface area (Å²) in [5.74, 6) is 0.878. The van der Waals surface area contributed by atoms with E-state index < -0.39 is 0 Å². The summed E-state index contributed by atoms with van der Waals surface area (Å²) >= 11 is 0. The molecule has 0 atom stereocenters. The van der Waals surface area contributed by atoms with Gasteiger partial charge in [-0.3, -0.25) is 5.01 Å². The number of para-hydroxylation sites is 1. The number of hydrogen-bond donors (Lipinski definition) is 0. The van der Waals surface area contributed by atoms with E-state index in [9.17, 15) is 0 Å². The molecule has 4 rings (SSSR count). The van der Waals surface area contributed by atoms with E-state index in [1.807, 2.05) is 87.0 Å². The predicted octanol–water partition coefficient (Wildman–Crippen LogP) is 6.47. The first-order valence-electron chi connectivity index (χ1n) is 13.6. The van der Waals surface area contributed by atoms with Crippen molar-refractivity contribution in [3.63, 3.8) is 0 Å². The molecule has 39 heavy (non-hydrogen) atoms. The number of hydrogen-bond acceptors (Lipinski definition) is 5. The second-order valence-electron chi connectivity index (χ2n) is 9.75. The highest BCUT2D eigenvalue weighted by Crippen LogP contribution is 2.20. The minimum Gasteiger partial charge on any atom is -0.378 e. The van der Waals surface area contributed by atoms with Gasteiger partial charge >= 0.3 is 5.82 Å². The van der Waals surface area contributed by atoms with Crippen LogP contribution in [0.15, 0.2) is 119 Å². The SMILES string of the molecule is CN(C)c1ccc(N=Nc2cccc[n+]2CCCCCC[n+]2ccc(C=NN(C)c3ccccc3)cc2)cc1. The average molecular weight is 522 g/mol. The highest BCUT2D eigenvalue weighted by molar-refractivity contribution is 5.79. The maximum absolute atomic E-state index is 4.54. The van der Waals surface area contributed by atoms with Gasteiger partial charge in [-0.1, -0.05) is 24.3 Å². The molecule has 0 N–H and O–H groups in total. The van der Waals surface area contributed by atoms with Crippen LogP contribution in [0.4, 0.5) is 22.9 Å². The normalized spacial score (nSPS) is 11.4. The van der Waals surface area contributed by atoms with Crippen molar-refractivity contribution in [3.05, 3.63) is 109 Å². The summed E-state index contributed by atoms with van der Waals surface area (Å²) < 4.78 is 4.43. The van der Waals surface area contributed by atoms with Crippen LogP contribution < -0.4 is 19.0 Å². The second kappa shape index (κ2) is 14.5. The molecule has 0 bridgehead atoms. The van der Waals surface area contributed by atoms with Crippen molar-refractivity contribution in [3.8, 4) is 0 Å². The Morgan fingerprint density at radius 1 is 0.641 bits per heavy atom. The van der Waals surface area contributed by atoms with Crippen molar-refractivity contribution >= 4 is 29.1 Å². The first-order valence-corrected chi connectivity index (χ1v) is 13.6. The lowest BCUT2D eigenvalue weighted by molar-refractivity contribution is -0.697. The van der Waals surface area contributed by atoms with Gasteiger partial charge in [-0.25, -0.2) is 9.13 Å². The van der Waals surface area contributed by atoms with Crippen LogP contribution in [0.1, 0.15) is 31.2 Å². The lowest BCUT2D eigenvalue weighted by atomic mass is 10.2. The van der Waals surface area contributed by atoms with E-state index in [1.54, 1.807) is 0 Å². The Balaban J connectivity index is 1.17. The Labute approximate surface area is 232 Å². The molecule has 4 aromatic rings. The van der Waals surface area contributed by atoms with Crippen molar-refractivity contribution in [2.24, 2.45) is 15.3 Å². The zero-order valence-electron chi connectivity index (χ0n) is 23.3. The lowest BCUT2D eigenvalue weighted by Crippen LogP contribution is -2.33. The zero-order valence-corrected chi connectivity index (χ0v) is 23.3. The van der Waals surface area contributed by atoms with Crippen molar-refractivity contribution in [2.75, 3.05) is 31.1 Å². The number of hydrazone groups is 1. The van der Waals surface area contributed by atoms with Gasteiger partial charge < -0.3 is 4.90 Å². The first-order chi connectivity index (χ1) is 19.1. The molecule has 0 saturated heterocycles. The minimum absolute atomic E-state index is 0.855. The van der Waals surface area contributed by atoms with E-state index >= 15 is 0 Å². The van der Waals surface area contributed by atoms with Gasteiger partial charge in [0.15, 0.2) is 12.4 Å². The molecule has 0 unspecified atom stereocenters. The average Bonchev–Trinajstić information content (AvgIpc) is 2.98. The standard InChI is InChI=1S/C32H39N7/c1-36(2)30-18-16-29(17-19-30)34-35-32-15-9-12-24-39(32)23-11-5-4-10-22-38-25-20-28(21-26-38)27-33-37(3)31-13-7-6-8-14-31/h6-9,12-21,24-27H,4-5,10-11,22-23H2,1-3H3/q+2. The Bertz CT molecular complexity index is 1330. The number of aromatic nitrogens is 2. The smallest absolute Gasteiger partial charge is 0.350 e. The third-order valence-corrected chi connectivity index (χ3v) is 6.54. The van der Waals surface area contributed by atoms with Gasteiger partial charge in [0.05, 0.1) is 29.8 Å². The number of nitrogens with zero attached hydrogens (tertiary/aromatic N) is 7. The van der Waals surface area contributed by atoms with Crippen LogP contribution in [-0.4, -0.2) is 27.4 Å². The minimum atomic E-state index is 0.855. The van der Waals surface area contributed by atoms with Crippen LogP contribution >= 0.6 is 0 Å². The van der Waals surface area contributed by atoms with Crippen LogP contribution in [0.5, 0.6) is 0 Å². The fourth-order valence-electron chi connectivity index (χ4n) is 4.17. The maximum Gasteiger partial charge on any atom is 0.350 e. The van der Waals surface area contributed by atoms with Crippen molar-refractivity contribution < 1.29 is 9.13 Å². The molecular formula is C32H39N7+2. The van der Waals surface area contributed by atoms with Gasteiger partial charge in [0.25, 0.3) is 0 Å². The molecule has 2 heterocycles. The third-order valence-electron chi connectivity index (χ3n) is 6.54. The number of azo groups is 1. The van der Waals surface area contributed by atoms with Crippen molar-refractivity contribution in [1.82, 2.24) is 0 Å². The van der Waals surface area contributed by atoms with Gasteiger partial charge in [0.1, 0.15) is 12.2 Å². The van der Waals surface area contributed by atoms with Gasteiger partial charge in [0.2, 0.25) is 0 Å². The summed E-state index contributed by atoms with van der Waals surface area (Å²) in [6.45, 7) is 1.96. The monoisotopic (exact) mass is 521 g/mol. The lowest BCUT2D eigenvalue weighted by Gasteiger charge is -2.11. The molecule has 0 radical (unpaired) electrons. The molecule has 0 saturated carbocycles. The second-order valence-corrected chi connectivity index (χ2v) is 9.75. The Morgan fingerprint density at radius 3 is 2.05 bits per heavy atom. The van der Waals surface area contributed by atoms with E-state index in [4.69, 9.17) is 0 Å². The fourth-order valence-corrected chi connectivity index (χ4v) is 4.17. The fraction of sp³-hybridized carbons (Fsp3) is 0.281. The van der Waals surface area contributed by atoms with E-state index in [1.165, 1.54) is 12.8 Å². The number of aryl methyl sites for hydroxylation is 2. The summed E-state index contributed by atoms with van der Waals surface area (Å²) in [5.41, 5.74) is 4.16. The number of pyridine rings is 2. The summed E-state index contributed by atoms with van der Waals surface area (Å²) in [7, 11) is 6.02. The van der Waals surface area contributed by atoms with Crippen molar-refractivity contribution in [2.45, 2.75) is 38.8 Å². The molecular weight excluding hydrogens is 482 g/mol. The summed E-state index contributed by atoms with van der Waals surface area (Å²) in [4.78, 5) is 2.07. The third kappa shape index (κ3) is 8.85. The van der Waals surface area contributed by atoms with Crippen LogP contribution in [0.3, 0.4) is 0 Å².